The molecular weight excluding hydrogens is 374 g/mol. The van der Waals surface area contributed by atoms with Gasteiger partial charge in [0.25, 0.3) is 0 Å². The van der Waals surface area contributed by atoms with E-state index in [1.807, 2.05) is 0 Å². The second kappa shape index (κ2) is 9.03. The zero-order chi connectivity index (χ0) is 21.7. The predicted octanol–water partition coefficient (Wildman–Crippen LogP) is 0.403. The summed E-state index contributed by atoms with van der Waals surface area (Å²) in [5, 5.41) is 2.45. The van der Waals surface area contributed by atoms with Gasteiger partial charge in [-0.1, -0.05) is 13.8 Å². The first-order valence-electron chi connectivity index (χ1n) is 8.95. The van der Waals surface area contributed by atoms with Gasteiger partial charge < -0.3 is 24.3 Å². The molecule has 1 saturated heterocycles. The number of hydrogen-bond acceptors (Lipinski definition) is 9. The Hall–Kier alpha value is -2.65. The molecule has 0 aromatic heterocycles. The maximum atomic E-state index is 13.1. The average molecular weight is 401 g/mol. The Bertz CT molecular complexity index is 655. The Morgan fingerprint density at radius 1 is 1.04 bits per heavy atom. The van der Waals surface area contributed by atoms with Crippen LogP contribution in [-0.4, -0.2) is 59.7 Å². The van der Waals surface area contributed by atoms with Gasteiger partial charge in [0.1, 0.15) is 6.61 Å². The highest BCUT2D eigenvalue weighted by Crippen LogP contribution is 2.44. The summed E-state index contributed by atoms with van der Waals surface area (Å²) in [6.07, 6.45) is -2.28. The van der Waals surface area contributed by atoms with Crippen molar-refractivity contribution in [2.75, 3.05) is 6.61 Å². The molecular formula is C18H27NO9. The summed E-state index contributed by atoms with van der Waals surface area (Å²) in [6.45, 7) is 7.42. The highest BCUT2D eigenvalue weighted by Gasteiger charge is 2.71. The van der Waals surface area contributed by atoms with E-state index < -0.39 is 59.7 Å². The lowest BCUT2D eigenvalue weighted by atomic mass is 9.77. The molecule has 0 aromatic carbocycles. The molecule has 1 aliphatic heterocycles. The Morgan fingerprint density at radius 2 is 1.61 bits per heavy atom. The van der Waals surface area contributed by atoms with E-state index in [1.165, 1.54) is 0 Å². The molecule has 10 heteroatoms. The van der Waals surface area contributed by atoms with Crippen LogP contribution in [0.4, 0.5) is 0 Å². The molecule has 1 N–H and O–H groups in total. The first-order chi connectivity index (χ1) is 12.9. The van der Waals surface area contributed by atoms with E-state index in [0.29, 0.717) is 0 Å². The minimum atomic E-state index is -2.08. The first kappa shape index (κ1) is 23.4. The lowest BCUT2D eigenvalue weighted by Gasteiger charge is -2.40. The molecule has 0 saturated carbocycles. The Morgan fingerprint density at radius 3 is 2.00 bits per heavy atom. The van der Waals surface area contributed by atoms with Crippen molar-refractivity contribution in [1.82, 2.24) is 5.32 Å². The number of ether oxygens (including phenoxy) is 4. The molecule has 0 bridgehead atoms. The molecule has 1 amide bonds. The summed E-state index contributed by atoms with van der Waals surface area (Å²) in [7, 11) is 0. The second-order valence-corrected chi connectivity index (χ2v) is 6.60. The van der Waals surface area contributed by atoms with Gasteiger partial charge >= 0.3 is 23.9 Å². The summed E-state index contributed by atoms with van der Waals surface area (Å²) >= 11 is 0. The Balaban J connectivity index is 3.66. The fraction of sp³-hybridized carbons (Fsp3) is 0.722. The minimum absolute atomic E-state index is 0.259. The Labute approximate surface area is 163 Å². The van der Waals surface area contributed by atoms with Gasteiger partial charge in [0, 0.05) is 27.7 Å². The summed E-state index contributed by atoms with van der Waals surface area (Å²) in [5.41, 5.74) is -3.34. The van der Waals surface area contributed by atoms with Crippen LogP contribution in [0.25, 0.3) is 0 Å². The molecule has 0 aliphatic carbocycles. The standard InChI is InChI=1S/C18H27NO9/c1-7-17(8-2)15(27-13(6)23)18(16(24)28-17,19-10(3)20)14(26-12(5)22)9-25-11(4)21/h14-15H,7-9H2,1-6H3,(H,19,20)/t14-,15+,18+/m0/s1. The summed E-state index contributed by atoms with van der Waals surface area (Å²) in [5.74, 6) is -3.81. The van der Waals surface area contributed by atoms with E-state index in [0.717, 1.165) is 27.7 Å². The molecule has 1 rings (SSSR count). The van der Waals surface area contributed by atoms with Crippen LogP contribution in [0.5, 0.6) is 0 Å². The van der Waals surface area contributed by atoms with Crippen LogP contribution in [0.15, 0.2) is 0 Å². The van der Waals surface area contributed by atoms with E-state index in [4.69, 9.17) is 18.9 Å². The zero-order valence-electron chi connectivity index (χ0n) is 17.0. The molecule has 10 nitrogen and oxygen atoms in total. The van der Waals surface area contributed by atoms with Crippen LogP contribution in [0.3, 0.4) is 0 Å². The molecule has 0 radical (unpaired) electrons. The van der Waals surface area contributed by atoms with Crippen molar-refractivity contribution in [3.8, 4) is 0 Å². The SMILES string of the molecule is CCC1(CC)OC(=O)[C@@](NC(C)=O)([C@H](COC(C)=O)OC(C)=O)[C@@H]1OC(C)=O. The number of rotatable bonds is 8. The predicted molar refractivity (Wildman–Crippen MR) is 93.7 cm³/mol. The molecule has 3 atom stereocenters. The zero-order valence-corrected chi connectivity index (χ0v) is 17.0. The third-order valence-electron chi connectivity index (χ3n) is 4.64. The number of cyclic esters (lactones) is 1. The smallest absolute Gasteiger partial charge is 0.340 e. The van der Waals surface area contributed by atoms with Crippen LogP contribution in [-0.2, 0) is 42.9 Å². The quantitative estimate of drug-likeness (QED) is 0.453. The minimum Gasteiger partial charge on any atom is -0.462 e. The van der Waals surface area contributed by atoms with Gasteiger partial charge in [-0.3, -0.25) is 19.2 Å². The van der Waals surface area contributed by atoms with Crippen molar-refractivity contribution >= 4 is 29.8 Å². The summed E-state index contributed by atoms with van der Waals surface area (Å²) in [6, 6.07) is 0. The van der Waals surface area contributed by atoms with Crippen molar-refractivity contribution in [3.63, 3.8) is 0 Å². The maximum absolute atomic E-state index is 13.1. The monoisotopic (exact) mass is 401 g/mol. The van der Waals surface area contributed by atoms with E-state index >= 15 is 0 Å². The van der Waals surface area contributed by atoms with Gasteiger partial charge in [-0.15, -0.1) is 0 Å². The summed E-state index contributed by atoms with van der Waals surface area (Å²) < 4.78 is 21.2. The average Bonchev–Trinajstić information content (AvgIpc) is 2.80. The molecule has 158 valence electrons. The van der Waals surface area contributed by atoms with E-state index in [2.05, 4.69) is 5.32 Å². The van der Waals surface area contributed by atoms with Gasteiger partial charge in [0.2, 0.25) is 11.4 Å². The van der Waals surface area contributed by atoms with Crippen molar-refractivity contribution in [1.29, 1.82) is 0 Å². The highest BCUT2D eigenvalue weighted by atomic mass is 16.6. The number of carbonyl (C=O) groups excluding carboxylic acids is 5. The van der Waals surface area contributed by atoms with E-state index in [9.17, 15) is 24.0 Å². The number of hydrogen-bond donors (Lipinski definition) is 1. The fourth-order valence-electron chi connectivity index (χ4n) is 3.42. The Kier molecular flexibility index (Phi) is 7.54. The van der Waals surface area contributed by atoms with Crippen LogP contribution in [0.2, 0.25) is 0 Å². The number of esters is 4. The number of nitrogens with one attached hydrogen (secondary N) is 1. The van der Waals surface area contributed by atoms with Crippen molar-refractivity contribution in [2.45, 2.75) is 77.7 Å². The molecule has 1 aliphatic rings. The lowest BCUT2D eigenvalue weighted by molar-refractivity contribution is -0.177. The highest BCUT2D eigenvalue weighted by molar-refractivity contribution is 5.92. The second-order valence-electron chi connectivity index (χ2n) is 6.60. The third kappa shape index (κ3) is 4.60. The van der Waals surface area contributed by atoms with Gasteiger partial charge in [-0.2, -0.15) is 0 Å². The lowest BCUT2D eigenvalue weighted by Crippen LogP contribution is -2.70. The van der Waals surface area contributed by atoms with Crippen molar-refractivity contribution < 1.29 is 42.9 Å². The topological polar surface area (TPSA) is 134 Å². The molecule has 1 heterocycles. The van der Waals surface area contributed by atoms with Crippen molar-refractivity contribution in [2.24, 2.45) is 0 Å². The first-order valence-corrected chi connectivity index (χ1v) is 8.95. The molecule has 1 fully saturated rings. The maximum Gasteiger partial charge on any atom is 0.340 e. The van der Waals surface area contributed by atoms with Gasteiger partial charge in [0.05, 0.1) is 0 Å². The molecule has 0 spiro atoms. The number of carbonyl (C=O) groups is 5. The van der Waals surface area contributed by atoms with Gasteiger partial charge in [-0.25, -0.2) is 4.79 Å². The van der Waals surface area contributed by atoms with Crippen molar-refractivity contribution in [3.05, 3.63) is 0 Å². The normalized spacial score (nSPS) is 23.9. The van der Waals surface area contributed by atoms with Gasteiger partial charge in [-0.05, 0) is 12.8 Å². The molecule has 0 unspecified atom stereocenters. The van der Waals surface area contributed by atoms with E-state index in [-0.39, 0.29) is 12.8 Å². The molecule has 28 heavy (non-hydrogen) atoms. The fourth-order valence-corrected chi connectivity index (χ4v) is 3.42. The summed E-state index contributed by atoms with van der Waals surface area (Å²) in [4.78, 5) is 59.9. The third-order valence-corrected chi connectivity index (χ3v) is 4.64. The van der Waals surface area contributed by atoms with Crippen LogP contribution < -0.4 is 5.32 Å². The van der Waals surface area contributed by atoms with Gasteiger partial charge in [0.15, 0.2) is 17.8 Å². The number of amides is 1. The largest absolute Gasteiger partial charge is 0.462 e. The van der Waals surface area contributed by atoms with E-state index in [1.54, 1.807) is 13.8 Å². The van der Waals surface area contributed by atoms with Crippen LogP contribution >= 0.6 is 0 Å². The van der Waals surface area contributed by atoms with Crippen LogP contribution in [0, 0.1) is 0 Å². The van der Waals surface area contributed by atoms with Crippen LogP contribution in [0.1, 0.15) is 54.4 Å². The molecule has 0 aromatic rings.